The second-order valence-corrected chi connectivity index (χ2v) is 5.69. The standard InChI is InChI=1S/C15H22N4O2.2ClH/c16-12-1-2-13(17-10-12)9-15(20)19-4-3-14(11-19)18-5-7-21-8-6-18;;/h1-2,10,14H,3-9,11,16H2;2*1H. The number of nitrogens with zero attached hydrogens (tertiary/aromatic N) is 3. The Hall–Kier alpha value is -1.08. The molecule has 0 saturated carbocycles. The zero-order chi connectivity index (χ0) is 14.7. The number of nitrogens with two attached hydrogens (primary N) is 1. The van der Waals surface area contributed by atoms with Crippen molar-refractivity contribution in [2.24, 2.45) is 0 Å². The minimum atomic E-state index is 0. The molecule has 1 aromatic rings. The summed E-state index contributed by atoms with van der Waals surface area (Å²) in [7, 11) is 0. The third-order valence-electron chi connectivity index (χ3n) is 4.26. The van der Waals surface area contributed by atoms with Crippen molar-refractivity contribution in [3.8, 4) is 0 Å². The van der Waals surface area contributed by atoms with Gasteiger partial charge in [-0.25, -0.2) is 0 Å². The number of likely N-dealkylation sites (tertiary alicyclic amines) is 1. The maximum absolute atomic E-state index is 12.3. The van der Waals surface area contributed by atoms with Crippen molar-refractivity contribution in [3.05, 3.63) is 24.0 Å². The van der Waals surface area contributed by atoms with Crippen LogP contribution in [0.5, 0.6) is 0 Å². The van der Waals surface area contributed by atoms with E-state index in [1.165, 1.54) is 0 Å². The van der Waals surface area contributed by atoms with Gasteiger partial charge in [-0.05, 0) is 18.6 Å². The van der Waals surface area contributed by atoms with E-state index in [1.807, 2.05) is 11.0 Å². The summed E-state index contributed by atoms with van der Waals surface area (Å²) in [5.74, 6) is 0.156. The lowest BCUT2D eigenvalue weighted by Gasteiger charge is -2.32. The largest absolute Gasteiger partial charge is 0.397 e. The zero-order valence-electron chi connectivity index (χ0n) is 13.0. The number of morpholine rings is 1. The van der Waals surface area contributed by atoms with E-state index < -0.39 is 0 Å². The van der Waals surface area contributed by atoms with Gasteiger partial charge in [-0.15, -0.1) is 24.8 Å². The fourth-order valence-electron chi connectivity index (χ4n) is 3.02. The zero-order valence-corrected chi connectivity index (χ0v) is 14.7. The first-order valence-electron chi connectivity index (χ1n) is 7.52. The quantitative estimate of drug-likeness (QED) is 0.867. The summed E-state index contributed by atoms with van der Waals surface area (Å²) in [6.45, 7) is 5.24. The van der Waals surface area contributed by atoms with Gasteiger partial charge in [-0.2, -0.15) is 0 Å². The number of rotatable bonds is 3. The number of nitrogen functional groups attached to an aromatic ring is 1. The number of halogens is 2. The van der Waals surface area contributed by atoms with E-state index in [9.17, 15) is 4.79 Å². The molecule has 2 aliphatic rings. The molecule has 0 aliphatic carbocycles. The van der Waals surface area contributed by atoms with E-state index in [-0.39, 0.29) is 30.7 Å². The molecule has 2 fully saturated rings. The van der Waals surface area contributed by atoms with Crippen LogP contribution in [0.3, 0.4) is 0 Å². The van der Waals surface area contributed by atoms with Gasteiger partial charge in [-0.1, -0.05) is 0 Å². The van der Waals surface area contributed by atoms with Crippen LogP contribution in [0.4, 0.5) is 5.69 Å². The van der Waals surface area contributed by atoms with E-state index >= 15 is 0 Å². The van der Waals surface area contributed by atoms with Crippen molar-refractivity contribution >= 4 is 36.4 Å². The number of aromatic nitrogens is 1. The average Bonchev–Trinajstić information content (AvgIpc) is 3.00. The van der Waals surface area contributed by atoms with Gasteiger partial charge >= 0.3 is 0 Å². The highest BCUT2D eigenvalue weighted by Crippen LogP contribution is 2.18. The Labute approximate surface area is 149 Å². The first-order valence-corrected chi connectivity index (χ1v) is 7.52. The van der Waals surface area contributed by atoms with E-state index in [0.717, 1.165) is 51.5 Å². The van der Waals surface area contributed by atoms with Crippen LogP contribution in [0.25, 0.3) is 0 Å². The summed E-state index contributed by atoms with van der Waals surface area (Å²) in [5, 5.41) is 0. The lowest BCUT2D eigenvalue weighted by atomic mass is 10.2. The van der Waals surface area contributed by atoms with Crippen molar-refractivity contribution in [2.45, 2.75) is 18.9 Å². The Bertz CT molecular complexity index is 495. The van der Waals surface area contributed by atoms with Crippen LogP contribution in [0.2, 0.25) is 0 Å². The van der Waals surface area contributed by atoms with Gasteiger partial charge in [-0.3, -0.25) is 14.7 Å². The lowest BCUT2D eigenvalue weighted by Crippen LogP contribution is -2.45. The molecule has 0 radical (unpaired) electrons. The van der Waals surface area contributed by atoms with Crippen LogP contribution in [-0.2, 0) is 16.0 Å². The molecule has 1 unspecified atom stereocenters. The van der Waals surface area contributed by atoms with Crippen molar-refractivity contribution in [2.75, 3.05) is 45.1 Å². The molecule has 130 valence electrons. The van der Waals surface area contributed by atoms with Crippen LogP contribution in [0.15, 0.2) is 18.3 Å². The second kappa shape index (κ2) is 9.27. The number of hydrogen-bond acceptors (Lipinski definition) is 5. The highest BCUT2D eigenvalue weighted by Gasteiger charge is 2.31. The van der Waals surface area contributed by atoms with E-state index in [0.29, 0.717) is 18.2 Å². The van der Waals surface area contributed by atoms with Crippen molar-refractivity contribution in [1.82, 2.24) is 14.8 Å². The number of anilines is 1. The molecule has 0 aromatic carbocycles. The maximum Gasteiger partial charge on any atom is 0.228 e. The Morgan fingerprint density at radius 3 is 2.65 bits per heavy atom. The minimum absolute atomic E-state index is 0. The number of amides is 1. The van der Waals surface area contributed by atoms with E-state index in [4.69, 9.17) is 10.5 Å². The Balaban J connectivity index is 0.00000132. The first kappa shape index (κ1) is 20.0. The fraction of sp³-hybridized carbons (Fsp3) is 0.600. The summed E-state index contributed by atoms with van der Waals surface area (Å²) >= 11 is 0. The fourth-order valence-corrected chi connectivity index (χ4v) is 3.02. The molecule has 2 saturated heterocycles. The van der Waals surface area contributed by atoms with Gasteiger partial charge in [0.25, 0.3) is 0 Å². The van der Waals surface area contributed by atoms with Crippen LogP contribution < -0.4 is 5.73 Å². The molecule has 2 aliphatic heterocycles. The summed E-state index contributed by atoms with van der Waals surface area (Å²) in [6.07, 6.45) is 3.01. The van der Waals surface area contributed by atoms with Gasteiger partial charge < -0.3 is 15.4 Å². The number of ether oxygens (including phenoxy) is 1. The average molecular weight is 363 g/mol. The number of pyridine rings is 1. The van der Waals surface area contributed by atoms with Crippen molar-refractivity contribution in [3.63, 3.8) is 0 Å². The molecule has 0 spiro atoms. The predicted molar refractivity (Wildman–Crippen MR) is 94.2 cm³/mol. The SMILES string of the molecule is Cl.Cl.Nc1ccc(CC(=O)N2CCC(N3CCOCC3)C2)nc1. The Morgan fingerprint density at radius 1 is 1.26 bits per heavy atom. The van der Waals surface area contributed by atoms with Gasteiger partial charge in [0.1, 0.15) is 0 Å². The first-order chi connectivity index (χ1) is 10.2. The normalized spacial score (nSPS) is 21.4. The third kappa shape index (κ3) is 5.21. The third-order valence-corrected chi connectivity index (χ3v) is 4.26. The van der Waals surface area contributed by atoms with Gasteiger partial charge in [0.15, 0.2) is 0 Å². The van der Waals surface area contributed by atoms with Gasteiger partial charge in [0.05, 0.1) is 31.5 Å². The minimum Gasteiger partial charge on any atom is -0.397 e. The highest BCUT2D eigenvalue weighted by molar-refractivity contribution is 5.85. The number of carbonyl (C=O) groups is 1. The molecule has 1 aromatic heterocycles. The summed E-state index contributed by atoms with van der Waals surface area (Å²) in [4.78, 5) is 20.9. The van der Waals surface area contributed by atoms with Crippen LogP contribution in [-0.4, -0.2) is 66.1 Å². The molecule has 3 rings (SSSR count). The monoisotopic (exact) mass is 362 g/mol. The van der Waals surface area contributed by atoms with Crippen molar-refractivity contribution in [1.29, 1.82) is 0 Å². The summed E-state index contributed by atoms with van der Waals surface area (Å²) < 4.78 is 5.38. The molecule has 6 nitrogen and oxygen atoms in total. The molecule has 1 amide bonds. The number of hydrogen-bond donors (Lipinski definition) is 1. The summed E-state index contributed by atoms with van der Waals surface area (Å²) in [5.41, 5.74) is 7.01. The predicted octanol–water partition coefficient (Wildman–Crippen LogP) is 0.983. The topological polar surface area (TPSA) is 71.7 Å². The van der Waals surface area contributed by atoms with Gasteiger partial charge in [0.2, 0.25) is 5.91 Å². The smallest absolute Gasteiger partial charge is 0.228 e. The molecule has 0 bridgehead atoms. The van der Waals surface area contributed by atoms with Crippen LogP contribution >= 0.6 is 24.8 Å². The molecule has 2 N–H and O–H groups in total. The van der Waals surface area contributed by atoms with E-state index in [2.05, 4.69) is 9.88 Å². The van der Waals surface area contributed by atoms with Gasteiger partial charge in [0, 0.05) is 37.9 Å². The molecular weight excluding hydrogens is 339 g/mol. The molecule has 23 heavy (non-hydrogen) atoms. The molecule has 1 atom stereocenters. The molecule has 3 heterocycles. The van der Waals surface area contributed by atoms with Crippen LogP contribution in [0.1, 0.15) is 12.1 Å². The molecule has 8 heteroatoms. The summed E-state index contributed by atoms with van der Waals surface area (Å²) in [6, 6.07) is 4.09. The Morgan fingerprint density at radius 2 is 2.00 bits per heavy atom. The number of carbonyl (C=O) groups excluding carboxylic acids is 1. The maximum atomic E-state index is 12.3. The lowest BCUT2D eigenvalue weighted by molar-refractivity contribution is -0.129. The highest BCUT2D eigenvalue weighted by atomic mass is 35.5. The van der Waals surface area contributed by atoms with Crippen molar-refractivity contribution < 1.29 is 9.53 Å². The van der Waals surface area contributed by atoms with E-state index in [1.54, 1.807) is 12.3 Å². The Kier molecular flexibility index (Phi) is 8.05. The second-order valence-electron chi connectivity index (χ2n) is 5.69. The van der Waals surface area contributed by atoms with Crippen LogP contribution in [0, 0.1) is 0 Å². The molecular formula is C15H24Cl2N4O2.